The zero-order valence-corrected chi connectivity index (χ0v) is 14.0. The second-order valence-electron chi connectivity index (χ2n) is 7.92. The Morgan fingerprint density at radius 2 is 2.08 bits per heavy atom. The summed E-state index contributed by atoms with van der Waals surface area (Å²) in [6, 6.07) is 7.92. The van der Waals surface area contributed by atoms with Crippen LogP contribution in [0, 0.1) is 17.8 Å². The molecule has 4 heteroatoms. The van der Waals surface area contributed by atoms with E-state index in [-0.39, 0.29) is 5.92 Å². The van der Waals surface area contributed by atoms with Crippen LogP contribution in [-0.4, -0.2) is 28.9 Å². The molecule has 1 amide bonds. The van der Waals surface area contributed by atoms with Gasteiger partial charge < -0.3 is 9.32 Å². The molecule has 2 bridgehead atoms. The van der Waals surface area contributed by atoms with E-state index in [1.165, 1.54) is 19.3 Å². The van der Waals surface area contributed by atoms with Crippen molar-refractivity contribution in [2.45, 2.75) is 44.4 Å². The van der Waals surface area contributed by atoms with Crippen molar-refractivity contribution in [1.82, 2.24) is 9.88 Å². The highest BCUT2D eigenvalue weighted by atomic mass is 16.3. The van der Waals surface area contributed by atoms with Crippen LogP contribution in [0.3, 0.4) is 0 Å². The molecular formula is C20H24N2O2. The van der Waals surface area contributed by atoms with Crippen LogP contribution >= 0.6 is 0 Å². The van der Waals surface area contributed by atoms with Crippen molar-refractivity contribution in [1.29, 1.82) is 0 Å². The van der Waals surface area contributed by atoms with E-state index in [9.17, 15) is 4.79 Å². The Balaban J connectivity index is 1.33. The average molecular weight is 324 g/mol. The van der Waals surface area contributed by atoms with E-state index >= 15 is 0 Å². The number of carbonyl (C=O) groups excluding carboxylic acids is 1. The highest BCUT2D eigenvalue weighted by molar-refractivity contribution is 5.80. The first-order chi connectivity index (χ1) is 11.8. The normalized spacial score (nSPS) is 32.6. The molecule has 2 aliphatic carbocycles. The molecule has 126 valence electrons. The van der Waals surface area contributed by atoms with Gasteiger partial charge in [-0.15, -0.1) is 0 Å². The lowest BCUT2D eigenvalue weighted by molar-refractivity contribution is -0.138. The van der Waals surface area contributed by atoms with Crippen molar-refractivity contribution in [3.63, 3.8) is 0 Å². The van der Waals surface area contributed by atoms with Crippen molar-refractivity contribution in [2.75, 3.05) is 13.1 Å². The van der Waals surface area contributed by atoms with Gasteiger partial charge in [-0.3, -0.25) is 4.79 Å². The van der Waals surface area contributed by atoms with Crippen LogP contribution in [0.5, 0.6) is 0 Å². The smallest absolute Gasteiger partial charge is 0.225 e. The van der Waals surface area contributed by atoms with Crippen LogP contribution in [-0.2, 0) is 4.79 Å². The average Bonchev–Trinajstić information content (AvgIpc) is 3.35. The summed E-state index contributed by atoms with van der Waals surface area (Å²) in [6.07, 6.45) is 7.15. The molecule has 0 radical (unpaired) electrons. The number of oxazole rings is 1. The summed E-state index contributed by atoms with van der Waals surface area (Å²) in [5.74, 6) is 3.23. The Morgan fingerprint density at radius 1 is 1.17 bits per heavy atom. The van der Waals surface area contributed by atoms with Gasteiger partial charge in [0.15, 0.2) is 11.5 Å². The molecule has 4 atom stereocenters. The molecule has 4 nitrogen and oxygen atoms in total. The number of fused-ring (bicyclic) bond motifs is 3. The Labute approximate surface area is 142 Å². The van der Waals surface area contributed by atoms with Gasteiger partial charge in [-0.05, 0) is 56.1 Å². The second-order valence-corrected chi connectivity index (χ2v) is 7.92. The maximum atomic E-state index is 13.0. The fourth-order valence-electron chi connectivity index (χ4n) is 5.23. The number of amides is 1. The third-order valence-corrected chi connectivity index (χ3v) is 6.45. The largest absolute Gasteiger partial charge is 0.440 e. The topological polar surface area (TPSA) is 46.3 Å². The zero-order valence-electron chi connectivity index (χ0n) is 14.0. The minimum Gasteiger partial charge on any atom is -0.440 e. The minimum atomic E-state index is 0.244. The Bertz CT molecular complexity index is 735. The molecule has 1 aromatic carbocycles. The highest BCUT2D eigenvalue weighted by Crippen LogP contribution is 2.49. The van der Waals surface area contributed by atoms with E-state index in [2.05, 4.69) is 9.88 Å². The second kappa shape index (κ2) is 5.61. The van der Waals surface area contributed by atoms with E-state index in [1.807, 2.05) is 24.3 Å². The Kier molecular flexibility index (Phi) is 3.39. The predicted octanol–water partition coefficient (Wildman–Crippen LogP) is 3.97. The van der Waals surface area contributed by atoms with E-state index in [4.69, 9.17) is 4.42 Å². The van der Waals surface area contributed by atoms with Crippen molar-refractivity contribution in [2.24, 2.45) is 17.8 Å². The Morgan fingerprint density at radius 3 is 2.88 bits per heavy atom. The molecule has 2 heterocycles. The molecule has 0 N–H and O–H groups in total. The summed E-state index contributed by atoms with van der Waals surface area (Å²) in [4.78, 5) is 19.8. The van der Waals surface area contributed by atoms with Crippen molar-refractivity contribution < 1.29 is 9.21 Å². The van der Waals surface area contributed by atoms with E-state index in [0.717, 1.165) is 55.3 Å². The quantitative estimate of drug-likeness (QED) is 0.839. The minimum absolute atomic E-state index is 0.244. The fourth-order valence-corrected chi connectivity index (χ4v) is 5.23. The van der Waals surface area contributed by atoms with Gasteiger partial charge >= 0.3 is 0 Å². The maximum absolute atomic E-state index is 13.0. The number of hydrogen-bond acceptors (Lipinski definition) is 3. The molecule has 2 saturated carbocycles. The summed E-state index contributed by atoms with van der Waals surface area (Å²) in [5, 5.41) is 0. The van der Waals surface area contributed by atoms with Crippen LogP contribution in [0.25, 0.3) is 11.1 Å². The van der Waals surface area contributed by atoms with E-state index < -0.39 is 0 Å². The highest BCUT2D eigenvalue weighted by Gasteiger charge is 2.45. The summed E-state index contributed by atoms with van der Waals surface area (Å²) in [5.41, 5.74) is 1.77. The first kappa shape index (κ1) is 14.5. The summed E-state index contributed by atoms with van der Waals surface area (Å²) < 4.78 is 5.96. The van der Waals surface area contributed by atoms with Crippen LogP contribution in [0.15, 0.2) is 28.7 Å². The molecule has 1 aliphatic heterocycles. The number of hydrogen-bond donors (Lipinski definition) is 0. The van der Waals surface area contributed by atoms with Gasteiger partial charge in [-0.2, -0.15) is 0 Å². The van der Waals surface area contributed by atoms with Gasteiger partial charge in [0, 0.05) is 19.0 Å². The molecule has 1 saturated heterocycles. The monoisotopic (exact) mass is 324 g/mol. The zero-order chi connectivity index (χ0) is 16.1. The van der Waals surface area contributed by atoms with Crippen LogP contribution < -0.4 is 0 Å². The summed E-state index contributed by atoms with van der Waals surface area (Å²) >= 11 is 0. The molecule has 2 aromatic rings. The van der Waals surface area contributed by atoms with Crippen molar-refractivity contribution >= 4 is 17.0 Å². The van der Waals surface area contributed by atoms with Gasteiger partial charge in [0.05, 0.1) is 5.92 Å². The van der Waals surface area contributed by atoms with Crippen LogP contribution in [0.2, 0.25) is 0 Å². The molecule has 3 fully saturated rings. The number of aromatic nitrogens is 1. The molecule has 0 spiro atoms. The van der Waals surface area contributed by atoms with Gasteiger partial charge in [0.1, 0.15) is 5.52 Å². The number of benzene rings is 1. The molecule has 24 heavy (non-hydrogen) atoms. The van der Waals surface area contributed by atoms with E-state index in [0.29, 0.717) is 17.7 Å². The van der Waals surface area contributed by atoms with Crippen molar-refractivity contribution in [3.8, 4) is 0 Å². The number of carbonyl (C=O) groups is 1. The lowest BCUT2D eigenvalue weighted by Gasteiger charge is -2.35. The third kappa shape index (κ3) is 2.35. The fraction of sp³-hybridized carbons (Fsp3) is 0.600. The SMILES string of the molecule is O=C([C@@H]1C[C@@H]2CC[C@@H]1C2)N1CCC[C@@H](c2nc3ccccc3o2)C1. The van der Waals surface area contributed by atoms with Gasteiger partial charge in [-0.1, -0.05) is 18.6 Å². The predicted molar refractivity (Wildman–Crippen MR) is 91.5 cm³/mol. The molecule has 1 aromatic heterocycles. The van der Waals surface area contributed by atoms with Crippen LogP contribution in [0.4, 0.5) is 0 Å². The molecular weight excluding hydrogens is 300 g/mol. The molecule has 3 aliphatic rings. The number of likely N-dealkylation sites (tertiary alicyclic amines) is 1. The third-order valence-electron chi connectivity index (χ3n) is 6.45. The number of rotatable bonds is 2. The van der Waals surface area contributed by atoms with Crippen molar-refractivity contribution in [3.05, 3.63) is 30.2 Å². The molecule has 5 rings (SSSR count). The maximum Gasteiger partial charge on any atom is 0.225 e. The summed E-state index contributed by atoms with van der Waals surface area (Å²) in [7, 11) is 0. The first-order valence-electron chi connectivity index (χ1n) is 9.42. The van der Waals surface area contributed by atoms with E-state index in [1.54, 1.807) is 0 Å². The first-order valence-corrected chi connectivity index (χ1v) is 9.42. The van der Waals surface area contributed by atoms with Gasteiger partial charge in [0.25, 0.3) is 0 Å². The van der Waals surface area contributed by atoms with Gasteiger partial charge in [-0.25, -0.2) is 4.98 Å². The lowest BCUT2D eigenvalue weighted by atomic mass is 9.86. The van der Waals surface area contributed by atoms with Gasteiger partial charge in [0.2, 0.25) is 5.91 Å². The number of nitrogens with zero attached hydrogens (tertiary/aromatic N) is 2. The van der Waals surface area contributed by atoms with Crippen LogP contribution in [0.1, 0.15) is 50.3 Å². The lowest BCUT2D eigenvalue weighted by Crippen LogP contribution is -2.43. The number of piperidine rings is 1. The summed E-state index contributed by atoms with van der Waals surface area (Å²) in [6.45, 7) is 1.68. The Hall–Kier alpha value is -1.84. The number of para-hydroxylation sites is 2. The standard InChI is InChI=1S/C20H24N2O2/c23-20(16-11-13-7-8-14(16)10-13)22-9-3-4-15(12-22)19-21-17-5-1-2-6-18(17)24-19/h1-2,5-6,13-16H,3-4,7-12H2/t13-,14-,15-,16-/m1/s1. The molecule has 0 unspecified atom stereocenters.